The lowest BCUT2D eigenvalue weighted by Gasteiger charge is -2.10. The van der Waals surface area contributed by atoms with Gasteiger partial charge in [0.2, 0.25) is 0 Å². The Balaban J connectivity index is 0. The molecular weight excluding hydrogens is 256 g/mol. The standard InChI is InChI=1S/C13H27NO2.C2H7NO/c1-3-5-6-7-8-9-10-11-13(15)16-12(14)4-2;1-3(2)4/h12H,3-11,14H2,1-2H3;3H,1-2H3. The molecule has 5 nitrogen and oxygen atoms in total. The molecule has 0 fully saturated rings. The number of hydrogen-bond donors (Lipinski definition) is 2. The van der Waals surface area contributed by atoms with Crippen LogP contribution in [0.2, 0.25) is 0 Å². The summed E-state index contributed by atoms with van der Waals surface area (Å²) in [7, 11) is 3.06. The number of quaternary nitrogens is 1. The van der Waals surface area contributed by atoms with Crippen LogP contribution in [-0.4, -0.2) is 26.3 Å². The second-order valence-electron chi connectivity index (χ2n) is 5.22. The Labute approximate surface area is 124 Å². The van der Waals surface area contributed by atoms with E-state index in [0.717, 1.165) is 12.8 Å². The minimum absolute atomic E-state index is 0.150. The van der Waals surface area contributed by atoms with Crippen molar-refractivity contribution in [1.29, 1.82) is 0 Å². The van der Waals surface area contributed by atoms with Gasteiger partial charge in [0.1, 0.15) is 0 Å². The zero-order valence-corrected chi connectivity index (χ0v) is 13.7. The zero-order chi connectivity index (χ0) is 15.8. The molecule has 5 heteroatoms. The SMILES string of the molecule is CCCCCCCCCC(=O)OC(N)CC.C[NH+](C)[O-]. The predicted octanol–water partition coefficient (Wildman–Crippen LogP) is 1.99. The smallest absolute Gasteiger partial charge is 0.307 e. The number of carbonyl (C=O) groups excluding carboxylic acids is 1. The number of nitrogens with one attached hydrogen (secondary N) is 1. The third-order valence-electron chi connectivity index (χ3n) is 2.67. The molecule has 0 radical (unpaired) electrons. The lowest BCUT2D eigenvalue weighted by molar-refractivity contribution is -0.802. The fraction of sp³-hybridized carbons (Fsp3) is 0.933. The first-order valence-corrected chi connectivity index (χ1v) is 7.86. The Morgan fingerprint density at radius 2 is 1.55 bits per heavy atom. The van der Waals surface area contributed by atoms with Crippen LogP contribution in [-0.2, 0) is 9.53 Å². The van der Waals surface area contributed by atoms with E-state index < -0.39 is 6.23 Å². The van der Waals surface area contributed by atoms with E-state index in [1.807, 2.05) is 6.92 Å². The van der Waals surface area contributed by atoms with Gasteiger partial charge in [0.15, 0.2) is 6.23 Å². The van der Waals surface area contributed by atoms with Crippen LogP contribution in [0.1, 0.15) is 71.6 Å². The van der Waals surface area contributed by atoms with Crippen LogP contribution in [0.4, 0.5) is 0 Å². The predicted molar refractivity (Wildman–Crippen MR) is 83.1 cm³/mol. The number of hydroxylamine groups is 2. The average Bonchev–Trinajstić information content (AvgIpc) is 2.36. The second kappa shape index (κ2) is 16.4. The van der Waals surface area contributed by atoms with Crippen LogP contribution < -0.4 is 10.8 Å². The molecule has 122 valence electrons. The summed E-state index contributed by atoms with van der Waals surface area (Å²) in [6.07, 6.45) is 9.28. The van der Waals surface area contributed by atoms with Gasteiger partial charge in [-0.25, -0.2) is 0 Å². The minimum Gasteiger partial charge on any atom is -0.635 e. The molecule has 3 N–H and O–H groups in total. The average molecular weight is 290 g/mol. The van der Waals surface area contributed by atoms with Crippen molar-refractivity contribution in [2.75, 3.05) is 14.1 Å². The summed E-state index contributed by atoms with van der Waals surface area (Å²) < 4.78 is 4.98. The summed E-state index contributed by atoms with van der Waals surface area (Å²) in [6, 6.07) is 0. The second-order valence-corrected chi connectivity index (χ2v) is 5.22. The fourth-order valence-corrected chi connectivity index (χ4v) is 1.54. The Morgan fingerprint density at radius 1 is 1.10 bits per heavy atom. The summed E-state index contributed by atoms with van der Waals surface area (Å²) >= 11 is 0. The van der Waals surface area contributed by atoms with Crippen molar-refractivity contribution in [2.24, 2.45) is 5.73 Å². The molecule has 0 bridgehead atoms. The first kappa shape index (κ1) is 21.6. The molecule has 1 unspecified atom stereocenters. The largest absolute Gasteiger partial charge is 0.635 e. The van der Waals surface area contributed by atoms with Gasteiger partial charge >= 0.3 is 5.97 Å². The molecule has 0 aromatic heterocycles. The molecule has 0 heterocycles. The van der Waals surface area contributed by atoms with Gasteiger partial charge in [0, 0.05) is 6.42 Å². The van der Waals surface area contributed by atoms with Gasteiger partial charge in [-0.05, 0) is 12.8 Å². The van der Waals surface area contributed by atoms with E-state index in [-0.39, 0.29) is 11.0 Å². The summed E-state index contributed by atoms with van der Waals surface area (Å²) in [5.74, 6) is -0.150. The summed E-state index contributed by atoms with van der Waals surface area (Å²) in [6.45, 7) is 4.12. The molecule has 0 aliphatic rings. The van der Waals surface area contributed by atoms with Gasteiger partial charge in [-0.1, -0.05) is 52.4 Å². The number of ether oxygens (including phenoxy) is 1. The molecule has 1 atom stereocenters. The number of carbonyl (C=O) groups is 1. The van der Waals surface area contributed by atoms with Crippen molar-refractivity contribution in [3.05, 3.63) is 5.21 Å². The van der Waals surface area contributed by atoms with E-state index in [1.165, 1.54) is 46.2 Å². The highest BCUT2D eigenvalue weighted by molar-refractivity contribution is 5.69. The third-order valence-corrected chi connectivity index (χ3v) is 2.67. The Hall–Kier alpha value is -0.650. The van der Waals surface area contributed by atoms with Crippen LogP contribution in [0, 0.1) is 5.21 Å². The molecule has 0 amide bonds. The zero-order valence-electron chi connectivity index (χ0n) is 13.7. The Kier molecular flexibility index (Phi) is 17.8. The first-order chi connectivity index (χ1) is 9.43. The maximum atomic E-state index is 11.2. The minimum atomic E-state index is -0.419. The molecule has 0 spiro atoms. The molecule has 0 aliphatic carbocycles. The quantitative estimate of drug-likeness (QED) is 0.279. The molecule has 20 heavy (non-hydrogen) atoms. The molecule has 0 saturated heterocycles. The highest BCUT2D eigenvalue weighted by atomic mass is 16.6. The van der Waals surface area contributed by atoms with Crippen molar-refractivity contribution in [2.45, 2.75) is 77.9 Å². The summed E-state index contributed by atoms with van der Waals surface area (Å²) in [4.78, 5) is 11.2. The highest BCUT2D eigenvalue weighted by Gasteiger charge is 2.06. The topological polar surface area (TPSA) is 79.8 Å². The van der Waals surface area contributed by atoms with Gasteiger partial charge in [0.25, 0.3) is 0 Å². The van der Waals surface area contributed by atoms with Crippen LogP contribution >= 0.6 is 0 Å². The number of esters is 1. The number of hydrogen-bond acceptors (Lipinski definition) is 4. The molecule has 0 saturated carbocycles. The van der Waals surface area contributed by atoms with E-state index >= 15 is 0 Å². The van der Waals surface area contributed by atoms with E-state index in [4.69, 9.17) is 10.5 Å². The highest BCUT2D eigenvalue weighted by Crippen LogP contribution is 2.09. The number of rotatable bonds is 10. The lowest BCUT2D eigenvalue weighted by Crippen LogP contribution is -3.00. The van der Waals surface area contributed by atoms with Crippen molar-refractivity contribution < 1.29 is 14.6 Å². The van der Waals surface area contributed by atoms with E-state index in [1.54, 1.807) is 0 Å². The van der Waals surface area contributed by atoms with Gasteiger partial charge in [-0.15, -0.1) is 0 Å². The normalized spacial score (nSPS) is 11.8. The van der Waals surface area contributed by atoms with Crippen LogP contribution in [0.5, 0.6) is 0 Å². The van der Waals surface area contributed by atoms with Crippen molar-refractivity contribution in [3.8, 4) is 0 Å². The number of nitrogens with two attached hydrogens (primary N) is 1. The number of unbranched alkanes of at least 4 members (excludes halogenated alkanes) is 6. The monoisotopic (exact) mass is 290 g/mol. The molecule has 0 aromatic rings. The lowest BCUT2D eigenvalue weighted by atomic mass is 10.1. The van der Waals surface area contributed by atoms with Crippen molar-refractivity contribution in [3.63, 3.8) is 0 Å². The third kappa shape index (κ3) is 22.5. The van der Waals surface area contributed by atoms with Crippen LogP contribution in [0.15, 0.2) is 0 Å². The van der Waals surface area contributed by atoms with Crippen LogP contribution in [0.3, 0.4) is 0 Å². The summed E-state index contributed by atoms with van der Waals surface area (Å²) in [5.41, 5.74) is 5.52. The van der Waals surface area contributed by atoms with Crippen LogP contribution in [0.25, 0.3) is 0 Å². The first-order valence-electron chi connectivity index (χ1n) is 7.86. The van der Waals surface area contributed by atoms with E-state index in [0.29, 0.717) is 12.8 Å². The van der Waals surface area contributed by atoms with E-state index in [2.05, 4.69) is 6.92 Å². The van der Waals surface area contributed by atoms with E-state index in [9.17, 15) is 10.0 Å². The molecule has 0 aromatic carbocycles. The molecule has 0 rings (SSSR count). The maximum Gasteiger partial charge on any atom is 0.307 e. The fourth-order valence-electron chi connectivity index (χ4n) is 1.54. The Morgan fingerprint density at radius 3 is 2.00 bits per heavy atom. The van der Waals surface area contributed by atoms with Gasteiger partial charge in [-0.3, -0.25) is 10.5 Å². The van der Waals surface area contributed by atoms with Crippen molar-refractivity contribution in [1.82, 2.24) is 0 Å². The Bertz CT molecular complexity index is 209. The van der Waals surface area contributed by atoms with Gasteiger partial charge < -0.3 is 15.0 Å². The summed E-state index contributed by atoms with van der Waals surface area (Å²) in [5, 5.41) is 9.61. The molecular formula is C15H34N2O3. The van der Waals surface area contributed by atoms with Gasteiger partial charge in [0.05, 0.1) is 14.1 Å². The molecule has 0 aliphatic heterocycles. The van der Waals surface area contributed by atoms with Gasteiger partial charge in [-0.2, -0.15) is 0 Å². The maximum absolute atomic E-state index is 11.2. The van der Waals surface area contributed by atoms with Crippen molar-refractivity contribution >= 4 is 5.97 Å².